The van der Waals surface area contributed by atoms with Crippen molar-refractivity contribution in [1.82, 2.24) is 9.97 Å². The van der Waals surface area contributed by atoms with Crippen molar-refractivity contribution in [2.45, 2.75) is 38.4 Å². The fourth-order valence-corrected chi connectivity index (χ4v) is 5.01. The Morgan fingerprint density at radius 3 is 3.00 bits per heavy atom. The van der Waals surface area contributed by atoms with Crippen LogP contribution in [0.25, 0.3) is 10.2 Å². The number of thiophene rings is 1. The quantitative estimate of drug-likeness (QED) is 0.500. The first-order chi connectivity index (χ1) is 10.6. The molecule has 0 amide bonds. The van der Waals surface area contributed by atoms with E-state index in [1.165, 1.54) is 30.0 Å². The third-order valence-corrected chi connectivity index (χ3v) is 6.14. The molecule has 0 spiro atoms. The van der Waals surface area contributed by atoms with Crippen LogP contribution < -0.4 is 10.6 Å². The Morgan fingerprint density at radius 2 is 2.27 bits per heavy atom. The molecule has 2 aromatic rings. The summed E-state index contributed by atoms with van der Waals surface area (Å²) < 4.78 is 0. The lowest BCUT2D eigenvalue weighted by atomic mass is 10.1. The van der Waals surface area contributed by atoms with Gasteiger partial charge in [-0.25, -0.2) is 9.97 Å². The van der Waals surface area contributed by atoms with Gasteiger partial charge in [-0.3, -0.25) is 0 Å². The molecule has 0 bridgehead atoms. The molecule has 3 heterocycles. The highest BCUT2D eigenvalue weighted by atomic mass is 32.2. The van der Waals surface area contributed by atoms with Crippen molar-refractivity contribution < 1.29 is 4.90 Å². The van der Waals surface area contributed by atoms with Crippen LogP contribution in [0.1, 0.15) is 30.7 Å². The zero-order chi connectivity index (χ0) is 15.7. The summed E-state index contributed by atoms with van der Waals surface area (Å²) in [4.78, 5) is 13.4. The number of quaternary nitrogens is 1. The van der Waals surface area contributed by atoms with Crippen molar-refractivity contribution in [3.63, 3.8) is 0 Å². The molecule has 1 atom stereocenters. The fraction of sp³-hybridized carbons (Fsp3) is 0.500. The van der Waals surface area contributed by atoms with Crippen molar-refractivity contribution in [2.75, 3.05) is 24.6 Å². The number of hydrogen-bond acceptors (Lipinski definition) is 5. The van der Waals surface area contributed by atoms with E-state index in [-0.39, 0.29) is 0 Å². The molecule has 0 aromatic carbocycles. The molecule has 0 saturated carbocycles. The Balaban J connectivity index is 1.93. The molecule has 1 aliphatic heterocycles. The Labute approximate surface area is 139 Å². The van der Waals surface area contributed by atoms with Gasteiger partial charge in [0.2, 0.25) is 0 Å². The lowest BCUT2D eigenvalue weighted by Gasteiger charge is -2.23. The second-order valence-corrected chi connectivity index (χ2v) is 8.02. The lowest BCUT2D eigenvalue weighted by Crippen LogP contribution is -3.11. The number of nitrogen functional groups attached to an aromatic ring is 1. The van der Waals surface area contributed by atoms with E-state index in [4.69, 9.17) is 10.7 Å². The SMILES string of the molecule is C=C(C)CSc1nc(N)c2c3c(sc2n1)C[NH+](CCC)CC3. The third kappa shape index (κ3) is 3.14. The maximum atomic E-state index is 6.24. The van der Waals surface area contributed by atoms with Gasteiger partial charge in [0.15, 0.2) is 5.16 Å². The van der Waals surface area contributed by atoms with Crippen LogP contribution in [0.5, 0.6) is 0 Å². The largest absolute Gasteiger partial charge is 0.383 e. The number of rotatable bonds is 5. The first-order valence-electron chi connectivity index (χ1n) is 7.77. The third-order valence-electron chi connectivity index (χ3n) is 3.93. The maximum Gasteiger partial charge on any atom is 0.191 e. The monoisotopic (exact) mass is 335 g/mol. The Hall–Kier alpha value is -1.11. The summed E-state index contributed by atoms with van der Waals surface area (Å²) >= 11 is 3.42. The minimum absolute atomic E-state index is 0.644. The summed E-state index contributed by atoms with van der Waals surface area (Å²) in [6, 6.07) is 0. The second-order valence-electron chi connectivity index (χ2n) is 6.00. The van der Waals surface area contributed by atoms with Crippen molar-refractivity contribution >= 4 is 39.1 Å². The van der Waals surface area contributed by atoms with Gasteiger partial charge >= 0.3 is 0 Å². The van der Waals surface area contributed by atoms with Gasteiger partial charge in [-0.05, 0) is 18.9 Å². The molecular weight excluding hydrogens is 312 g/mol. The van der Waals surface area contributed by atoms with E-state index >= 15 is 0 Å². The molecule has 0 aliphatic carbocycles. The van der Waals surface area contributed by atoms with Gasteiger partial charge in [0.1, 0.15) is 17.2 Å². The van der Waals surface area contributed by atoms with Crippen LogP contribution in [0.3, 0.4) is 0 Å². The average molecular weight is 336 g/mol. The van der Waals surface area contributed by atoms with Crippen LogP contribution in [-0.2, 0) is 13.0 Å². The molecule has 0 saturated heterocycles. The number of nitrogens with zero attached hydrogens (tertiary/aromatic N) is 2. The summed E-state index contributed by atoms with van der Waals surface area (Å²) in [6.45, 7) is 11.7. The van der Waals surface area contributed by atoms with Gasteiger partial charge in [0, 0.05) is 12.2 Å². The highest BCUT2D eigenvalue weighted by Gasteiger charge is 2.25. The highest BCUT2D eigenvalue weighted by Crippen LogP contribution is 2.35. The minimum Gasteiger partial charge on any atom is -0.383 e. The van der Waals surface area contributed by atoms with Crippen LogP contribution in [0.4, 0.5) is 5.82 Å². The molecule has 0 fully saturated rings. The number of thioether (sulfide) groups is 1. The van der Waals surface area contributed by atoms with Crippen LogP contribution in [0.15, 0.2) is 17.3 Å². The minimum atomic E-state index is 0.644. The fourth-order valence-electron chi connectivity index (χ4n) is 2.96. The number of anilines is 1. The maximum absolute atomic E-state index is 6.24. The van der Waals surface area contributed by atoms with E-state index in [2.05, 4.69) is 18.5 Å². The summed E-state index contributed by atoms with van der Waals surface area (Å²) in [7, 11) is 0. The molecule has 2 aromatic heterocycles. The van der Waals surface area contributed by atoms with Gasteiger partial charge < -0.3 is 10.6 Å². The topological polar surface area (TPSA) is 56.2 Å². The Morgan fingerprint density at radius 1 is 1.45 bits per heavy atom. The average Bonchev–Trinajstić information content (AvgIpc) is 2.83. The number of aromatic nitrogens is 2. The molecule has 1 unspecified atom stereocenters. The molecule has 118 valence electrons. The normalized spacial score (nSPS) is 17.6. The molecule has 3 rings (SSSR count). The van der Waals surface area contributed by atoms with Gasteiger partial charge in [-0.1, -0.05) is 30.8 Å². The number of nitrogens with two attached hydrogens (primary N) is 1. The predicted octanol–water partition coefficient (Wildman–Crippen LogP) is 2.29. The van der Waals surface area contributed by atoms with E-state index in [1.807, 2.05) is 6.92 Å². The zero-order valence-corrected chi connectivity index (χ0v) is 14.9. The molecule has 6 heteroatoms. The Bertz CT molecular complexity index is 708. The van der Waals surface area contributed by atoms with Gasteiger partial charge in [0.25, 0.3) is 0 Å². The zero-order valence-electron chi connectivity index (χ0n) is 13.2. The summed E-state index contributed by atoms with van der Waals surface area (Å²) in [5.41, 5.74) is 8.76. The molecule has 3 N–H and O–H groups in total. The number of hydrogen-bond donors (Lipinski definition) is 2. The van der Waals surface area contributed by atoms with E-state index in [1.54, 1.807) is 28.0 Å². The molecule has 4 nitrogen and oxygen atoms in total. The summed E-state index contributed by atoms with van der Waals surface area (Å²) in [5.74, 6) is 1.48. The van der Waals surface area contributed by atoms with Crippen LogP contribution >= 0.6 is 23.1 Å². The van der Waals surface area contributed by atoms with Crippen LogP contribution in [0.2, 0.25) is 0 Å². The molecule has 0 radical (unpaired) electrons. The summed E-state index contributed by atoms with van der Waals surface area (Å²) in [6.07, 6.45) is 2.33. The molecule has 1 aliphatic rings. The molecular formula is C16H23N4S2+. The predicted molar refractivity (Wildman–Crippen MR) is 95.8 cm³/mol. The van der Waals surface area contributed by atoms with E-state index < -0.39 is 0 Å². The number of nitrogens with one attached hydrogen (secondary N) is 1. The van der Waals surface area contributed by atoms with Crippen molar-refractivity contribution in [3.05, 3.63) is 22.6 Å². The van der Waals surface area contributed by atoms with E-state index in [9.17, 15) is 0 Å². The van der Waals surface area contributed by atoms with E-state index in [0.717, 1.165) is 39.7 Å². The van der Waals surface area contributed by atoms with Crippen molar-refractivity contribution in [2.24, 2.45) is 0 Å². The highest BCUT2D eigenvalue weighted by molar-refractivity contribution is 7.99. The van der Waals surface area contributed by atoms with E-state index in [0.29, 0.717) is 5.82 Å². The van der Waals surface area contributed by atoms with Crippen LogP contribution in [-0.4, -0.2) is 28.8 Å². The number of fused-ring (bicyclic) bond motifs is 3. The van der Waals surface area contributed by atoms with Gasteiger partial charge in [-0.15, -0.1) is 11.3 Å². The summed E-state index contributed by atoms with van der Waals surface area (Å²) in [5, 5.41) is 1.87. The van der Waals surface area contributed by atoms with Gasteiger partial charge in [-0.2, -0.15) is 0 Å². The van der Waals surface area contributed by atoms with Crippen LogP contribution in [0, 0.1) is 0 Å². The Kier molecular flexibility index (Phi) is 4.70. The van der Waals surface area contributed by atoms with Crippen molar-refractivity contribution in [3.8, 4) is 0 Å². The lowest BCUT2D eigenvalue weighted by molar-refractivity contribution is -0.915. The standard InChI is InChI=1S/C16H22N4S2/c1-4-6-20-7-5-11-12(8-20)22-15-13(11)14(17)18-16(19-15)21-9-10(2)3/h2,4-9H2,1,3H3,(H2,17,18,19)/p+1. The molecule has 22 heavy (non-hydrogen) atoms. The second kappa shape index (κ2) is 6.56. The van der Waals surface area contributed by atoms with Gasteiger partial charge in [0.05, 0.1) is 23.4 Å². The first-order valence-corrected chi connectivity index (χ1v) is 9.57. The first kappa shape index (κ1) is 15.8. The van der Waals surface area contributed by atoms with Crippen molar-refractivity contribution in [1.29, 1.82) is 0 Å². The smallest absolute Gasteiger partial charge is 0.191 e.